The van der Waals surface area contributed by atoms with Crippen LogP contribution in [0.15, 0.2) is 48.8 Å². The number of H-pyrrole nitrogens is 1. The highest BCUT2D eigenvalue weighted by Crippen LogP contribution is 2.31. The van der Waals surface area contributed by atoms with Gasteiger partial charge in [0.1, 0.15) is 11.9 Å². The van der Waals surface area contributed by atoms with E-state index in [0.717, 1.165) is 23.2 Å². The third-order valence-electron chi connectivity index (χ3n) is 5.23. The van der Waals surface area contributed by atoms with E-state index in [2.05, 4.69) is 9.97 Å². The Labute approximate surface area is 164 Å². The number of fused-ring (bicyclic) bond motifs is 1. The van der Waals surface area contributed by atoms with Crippen LogP contribution < -0.4 is 4.90 Å². The molecule has 0 amide bonds. The molecule has 1 atom stereocenters. The Morgan fingerprint density at radius 1 is 1.10 bits per heavy atom. The number of carbonyl (C=O) groups is 1. The summed E-state index contributed by atoms with van der Waals surface area (Å²) in [6.07, 6.45) is -1.86. The molecule has 4 rings (SSSR count). The number of carboxylic acids is 1. The molecule has 0 unspecified atom stereocenters. The summed E-state index contributed by atoms with van der Waals surface area (Å²) in [5.41, 5.74) is 0.792. The van der Waals surface area contributed by atoms with Crippen molar-refractivity contribution in [1.82, 2.24) is 14.9 Å². The van der Waals surface area contributed by atoms with Gasteiger partial charge in [-0.2, -0.15) is 13.2 Å². The molecular formula is C20H19F3N4O2. The van der Waals surface area contributed by atoms with E-state index in [4.69, 9.17) is 0 Å². The van der Waals surface area contributed by atoms with Crippen molar-refractivity contribution in [1.29, 1.82) is 0 Å². The van der Waals surface area contributed by atoms with E-state index in [1.54, 1.807) is 6.20 Å². The van der Waals surface area contributed by atoms with E-state index >= 15 is 0 Å². The number of anilines is 1. The molecule has 3 aromatic rings. The first kappa shape index (κ1) is 19.3. The second-order valence-electron chi connectivity index (χ2n) is 6.96. The topological polar surface area (TPSA) is 72.5 Å². The summed E-state index contributed by atoms with van der Waals surface area (Å²) in [7, 11) is 0. The zero-order valence-corrected chi connectivity index (χ0v) is 15.4. The van der Waals surface area contributed by atoms with Crippen molar-refractivity contribution >= 4 is 22.7 Å². The Morgan fingerprint density at radius 3 is 2.45 bits per heavy atom. The molecule has 1 saturated heterocycles. The Bertz CT molecular complexity index is 1010. The number of nitrogens with zero attached hydrogens (tertiary/aromatic N) is 3. The third kappa shape index (κ3) is 3.77. The quantitative estimate of drug-likeness (QED) is 0.696. The number of nitrogens with one attached hydrogen (secondary N) is 1. The van der Waals surface area contributed by atoms with Gasteiger partial charge in [0, 0.05) is 55.0 Å². The monoisotopic (exact) mass is 404 g/mol. The largest absolute Gasteiger partial charge is 0.480 e. The molecule has 0 spiro atoms. The van der Waals surface area contributed by atoms with Crippen molar-refractivity contribution in [3.05, 3.63) is 59.9 Å². The first-order chi connectivity index (χ1) is 13.8. The number of carboxylic acid groups (broad SMARTS) is 1. The average molecular weight is 404 g/mol. The predicted octanol–water partition coefficient (Wildman–Crippen LogP) is 3.53. The Morgan fingerprint density at radius 2 is 1.83 bits per heavy atom. The van der Waals surface area contributed by atoms with Crippen LogP contribution >= 0.6 is 0 Å². The number of rotatable bonds is 4. The Hall–Kier alpha value is -3.07. The minimum absolute atomic E-state index is 0.455. The number of piperazine rings is 1. The molecule has 1 aliphatic heterocycles. The van der Waals surface area contributed by atoms with E-state index in [1.165, 1.54) is 6.07 Å². The van der Waals surface area contributed by atoms with Gasteiger partial charge in [0.15, 0.2) is 0 Å². The number of benzene rings is 1. The molecular weight excluding hydrogens is 385 g/mol. The van der Waals surface area contributed by atoms with E-state index in [-0.39, 0.29) is 0 Å². The van der Waals surface area contributed by atoms with Crippen molar-refractivity contribution in [2.75, 3.05) is 31.1 Å². The van der Waals surface area contributed by atoms with Gasteiger partial charge in [-0.05, 0) is 18.2 Å². The standard InChI is InChI=1S/C20H19F3N4O2/c21-20(22,23)13-5-6-17(25-11-13)26-7-9-27(10-8-26)18(19(28)29)15-12-24-16-4-2-1-3-14(15)16/h1-6,11-12,18,24H,7-10H2,(H,28,29)/t18-/m0/s1. The summed E-state index contributed by atoms with van der Waals surface area (Å²) in [6.45, 7) is 1.87. The number of aliphatic carboxylic acids is 1. The van der Waals surface area contributed by atoms with E-state index in [0.29, 0.717) is 37.6 Å². The number of para-hydroxylation sites is 1. The molecule has 1 fully saturated rings. The van der Waals surface area contributed by atoms with Gasteiger partial charge >= 0.3 is 12.1 Å². The smallest absolute Gasteiger partial charge is 0.417 e. The lowest BCUT2D eigenvalue weighted by Gasteiger charge is -2.38. The highest BCUT2D eigenvalue weighted by atomic mass is 19.4. The molecule has 152 valence electrons. The van der Waals surface area contributed by atoms with Crippen LogP contribution in [-0.2, 0) is 11.0 Å². The maximum atomic E-state index is 12.7. The van der Waals surface area contributed by atoms with Gasteiger partial charge < -0.3 is 15.0 Å². The van der Waals surface area contributed by atoms with Crippen molar-refractivity contribution < 1.29 is 23.1 Å². The predicted molar refractivity (Wildman–Crippen MR) is 102 cm³/mol. The minimum atomic E-state index is -4.42. The fourth-order valence-electron chi connectivity index (χ4n) is 3.76. The van der Waals surface area contributed by atoms with E-state index in [1.807, 2.05) is 34.1 Å². The first-order valence-electron chi connectivity index (χ1n) is 9.15. The zero-order valence-electron chi connectivity index (χ0n) is 15.4. The normalized spacial score (nSPS) is 16.9. The molecule has 1 aromatic carbocycles. The number of pyridine rings is 1. The van der Waals surface area contributed by atoms with Crippen LogP contribution in [0.3, 0.4) is 0 Å². The lowest BCUT2D eigenvalue weighted by molar-refractivity contribution is -0.143. The number of halogens is 3. The number of hydrogen-bond acceptors (Lipinski definition) is 4. The summed E-state index contributed by atoms with van der Waals surface area (Å²) in [5.74, 6) is -0.479. The second kappa shape index (κ2) is 7.40. The van der Waals surface area contributed by atoms with E-state index < -0.39 is 23.8 Å². The maximum absolute atomic E-state index is 12.7. The molecule has 9 heteroatoms. The first-order valence-corrected chi connectivity index (χ1v) is 9.15. The zero-order chi connectivity index (χ0) is 20.6. The van der Waals surface area contributed by atoms with Crippen LogP contribution in [0.5, 0.6) is 0 Å². The molecule has 0 saturated carbocycles. The fourth-order valence-corrected chi connectivity index (χ4v) is 3.76. The maximum Gasteiger partial charge on any atom is 0.417 e. The van der Waals surface area contributed by atoms with Gasteiger partial charge in [0.05, 0.1) is 5.56 Å². The summed E-state index contributed by atoms with van der Waals surface area (Å²) in [6, 6.07) is 9.11. The summed E-state index contributed by atoms with van der Waals surface area (Å²) >= 11 is 0. The summed E-state index contributed by atoms with van der Waals surface area (Å²) in [4.78, 5) is 22.8. The molecule has 0 aliphatic carbocycles. The highest BCUT2D eigenvalue weighted by molar-refractivity contribution is 5.89. The molecule has 6 nitrogen and oxygen atoms in total. The molecule has 1 aliphatic rings. The van der Waals surface area contributed by atoms with Crippen LogP contribution in [0.2, 0.25) is 0 Å². The van der Waals surface area contributed by atoms with Crippen molar-refractivity contribution in [3.8, 4) is 0 Å². The van der Waals surface area contributed by atoms with E-state index in [9.17, 15) is 23.1 Å². The van der Waals surface area contributed by atoms with Crippen LogP contribution in [0.1, 0.15) is 17.2 Å². The Balaban J connectivity index is 1.49. The molecule has 0 bridgehead atoms. The van der Waals surface area contributed by atoms with Crippen molar-refractivity contribution in [2.45, 2.75) is 12.2 Å². The summed E-state index contributed by atoms with van der Waals surface area (Å²) in [5, 5.41) is 10.7. The van der Waals surface area contributed by atoms with Gasteiger partial charge in [-0.1, -0.05) is 18.2 Å². The second-order valence-corrected chi connectivity index (χ2v) is 6.96. The van der Waals surface area contributed by atoms with Crippen LogP contribution in [0.4, 0.5) is 19.0 Å². The number of hydrogen-bond donors (Lipinski definition) is 2. The molecule has 29 heavy (non-hydrogen) atoms. The summed E-state index contributed by atoms with van der Waals surface area (Å²) < 4.78 is 38.1. The number of aromatic amines is 1. The van der Waals surface area contributed by atoms with Crippen molar-refractivity contribution in [3.63, 3.8) is 0 Å². The van der Waals surface area contributed by atoms with Crippen LogP contribution in [-0.4, -0.2) is 52.1 Å². The lowest BCUT2D eigenvalue weighted by atomic mass is 10.0. The van der Waals surface area contributed by atoms with Gasteiger partial charge in [-0.15, -0.1) is 0 Å². The van der Waals surface area contributed by atoms with Gasteiger partial charge in [-0.3, -0.25) is 9.69 Å². The average Bonchev–Trinajstić information content (AvgIpc) is 3.12. The van der Waals surface area contributed by atoms with Crippen molar-refractivity contribution in [2.24, 2.45) is 0 Å². The third-order valence-corrected chi connectivity index (χ3v) is 5.23. The number of aromatic nitrogens is 2. The molecule has 2 N–H and O–H groups in total. The highest BCUT2D eigenvalue weighted by Gasteiger charge is 2.33. The van der Waals surface area contributed by atoms with Gasteiger partial charge in [0.2, 0.25) is 0 Å². The van der Waals surface area contributed by atoms with Crippen LogP contribution in [0.25, 0.3) is 10.9 Å². The molecule has 2 aromatic heterocycles. The van der Waals surface area contributed by atoms with Gasteiger partial charge in [0.25, 0.3) is 0 Å². The van der Waals surface area contributed by atoms with Gasteiger partial charge in [-0.25, -0.2) is 4.98 Å². The molecule has 0 radical (unpaired) electrons. The minimum Gasteiger partial charge on any atom is -0.480 e. The Kier molecular flexibility index (Phi) is 4.91. The number of alkyl halides is 3. The lowest BCUT2D eigenvalue weighted by Crippen LogP contribution is -2.49. The SMILES string of the molecule is O=C(O)[C@H](c1c[nH]c2ccccc12)N1CCN(c2ccc(C(F)(F)F)cn2)CC1. The van der Waals surface area contributed by atoms with Crippen LogP contribution in [0, 0.1) is 0 Å². The molecule has 3 heterocycles. The fraction of sp³-hybridized carbons (Fsp3) is 0.300.